The molecule has 1 atom stereocenters. The molecule has 29 heavy (non-hydrogen) atoms. The second kappa shape index (κ2) is 9.47. The number of hydrogen-bond acceptors (Lipinski definition) is 3. The summed E-state index contributed by atoms with van der Waals surface area (Å²) in [6.45, 7) is 7.06. The molecule has 3 rings (SSSR count). The molecule has 1 N–H and O–H groups in total. The van der Waals surface area contributed by atoms with Crippen molar-refractivity contribution < 1.29 is 9.53 Å². The zero-order valence-corrected chi connectivity index (χ0v) is 18.2. The van der Waals surface area contributed by atoms with Crippen LogP contribution in [0.25, 0.3) is 10.9 Å². The fourth-order valence-electron chi connectivity index (χ4n) is 4.63. The number of hydrogen-bond donors (Lipinski definition) is 1. The molecule has 1 heterocycles. The molecule has 1 saturated carbocycles. The predicted octanol–water partition coefficient (Wildman–Crippen LogP) is 4.77. The minimum absolute atomic E-state index is 0.0500. The number of aromatic nitrogens is 1. The van der Waals surface area contributed by atoms with Crippen LogP contribution in [0, 0.1) is 0 Å². The Morgan fingerprint density at radius 1 is 1.28 bits per heavy atom. The van der Waals surface area contributed by atoms with Crippen molar-refractivity contribution in [1.29, 1.82) is 0 Å². The summed E-state index contributed by atoms with van der Waals surface area (Å²) < 4.78 is 5.33. The first kappa shape index (κ1) is 21.4. The summed E-state index contributed by atoms with van der Waals surface area (Å²) in [5, 5.41) is 0.959. The molecule has 2 aromatic rings. The first-order valence-corrected chi connectivity index (χ1v) is 11.0. The van der Waals surface area contributed by atoms with E-state index in [1.54, 1.807) is 7.11 Å². The number of fused-ring (bicyclic) bond motifs is 1. The Bertz CT molecular complexity index is 912. The van der Waals surface area contributed by atoms with Gasteiger partial charge in [0.1, 0.15) is 5.75 Å². The van der Waals surface area contributed by atoms with Crippen LogP contribution in [0.5, 0.6) is 5.75 Å². The summed E-state index contributed by atoms with van der Waals surface area (Å²) in [5.41, 5.74) is 2.43. The average molecular weight is 399 g/mol. The van der Waals surface area contributed by atoms with E-state index in [0.29, 0.717) is 5.75 Å². The summed E-state index contributed by atoms with van der Waals surface area (Å²) in [6.07, 6.45) is 6.47. The third-order valence-corrected chi connectivity index (χ3v) is 6.37. The highest BCUT2D eigenvalue weighted by Crippen LogP contribution is 2.36. The van der Waals surface area contributed by atoms with Gasteiger partial charge in [-0.05, 0) is 56.2 Å². The Morgan fingerprint density at radius 2 is 2.00 bits per heavy atom. The van der Waals surface area contributed by atoms with Gasteiger partial charge in [-0.25, -0.2) is 0 Å². The molecule has 1 aliphatic carbocycles. The number of methoxy groups -OCH3 is 1. The number of nitrogens with zero attached hydrogens (tertiary/aromatic N) is 1. The maximum atomic E-state index is 13.3. The Hall–Kier alpha value is -2.30. The van der Waals surface area contributed by atoms with Crippen LogP contribution >= 0.6 is 0 Å². The summed E-state index contributed by atoms with van der Waals surface area (Å²) in [5.74, 6) is 1.06. The van der Waals surface area contributed by atoms with Crippen molar-refractivity contribution in [3.8, 4) is 5.75 Å². The smallest absolute Gasteiger partial charge is 0.252 e. The highest BCUT2D eigenvalue weighted by molar-refractivity contribution is 5.90. The fraction of sp³-hybridized carbons (Fsp3) is 0.583. The lowest BCUT2D eigenvalue weighted by Gasteiger charge is -2.29. The standard InChI is InChI=1S/C24H34N2O3/c1-5-13-26(16(3)6-2)22(27)15-20-19-12-11-18(29-4)14-21(19)25-24(28)23(20)17-9-7-8-10-17/h11-12,14,16-17H,5-10,13,15H2,1-4H3,(H,25,28). The third kappa shape index (κ3) is 4.49. The Morgan fingerprint density at radius 3 is 2.62 bits per heavy atom. The topological polar surface area (TPSA) is 62.4 Å². The van der Waals surface area contributed by atoms with Crippen LogP contribution < -0.4 is 10.3 Å². The molecular weight excluding hydrogens is 364 g/mol. The van der Waals surface area contributed by atoms with Crippen LogP contribution in [0.3, 0.4) is 0 Å². The summed E-state index contributed by atoms with van der Waals surface area (Å²) in [6, 6.07) is 5.94. The van der Waals surface area contributed by atoms with E-state index in [1.807, 2.05) is 23.1 Å². The first-order valence-electron chi connectivity index (χ1n) is 11.0. The van der Waals surface area contributed by atoms with E-state index in [1.165, 1.54) is 0 Å². The van der Waals surface area contributed by atoms with Crippen LogP contribution in [-0.4, -0.2) is 35.5 Å². The minimum atomic E-state index is -0.0500. The molecule has 5 nitrogen and oxygen atoms in total. The van der Waals surface area contributed by atoms with Crippen molar-refractivity contribution in [1.82, 2.24) is 9.88 Å². The molecule has 0 bridgehead atoms. The van der Waals surface area contributed by atoms with E-state index in [4.69, 9.17) is 4.74 Å². The summed E-state index contributed by atoms with van der Waals surface area (Å²) >= 11 is 0. The van der Waals surface area contributed by atoms with E-state index >= 15 is 0 Å². The van der Waals surface area contributed by atoms with Gasteiger partial charge in [0.2, 0.25) is 5.91 Å². The van der Waals surface area contributed by atoms with E-state index in [0.717, 1.165) is 67.1 Å². The Labute approximate surface area is 173 Å². The molecule has 1 aliphatic rings. The number of amides is 1. The van der Waals surface area contributed by atoms with Crippen molar-refractivity contribution in [2.24, 2.45) is 0 Å². The van der Waals surface area contributed by atoms with Crippen LogP contribution in [0.4, 0.5) is 0 Å². The average Bonchev–Trinajstić information content (AvgIpc) is 3.25. The molecular formula is C24H34N2O3. The van der Waals surface area contributed by atoms with Gasteiger partial charge in [-0.2, -0.15) is 0 Å². The molecule has 1 amide bonds. The molecule has 0 aliphatic heterocycles. The van der Waals surface area contributed by atoms with Gasteiger partial charge in [0.05, 0.1) is 19.0 Å². The van der Waals surface area contributed by atoms with Gasteiger partial charge in [-0.3, -0.25) is 9.59 Å². The molecule has 0 saturated heterocycles. The molecule has 5 heteroatoms. The lowest BCUT2D eigenvalue weighted by molar-refractivity contribution is -0.132. The van der Waals surface area contributed by atoms with Crippen LogP contribution in [-0.2, 0) is 11.2 Å². The lowest BCUT2D eigenvalue weighted by atomic mass is 9.89. The SMILES string of the molecule is CCCN(C(=O)Cc1c(C2CCCC2)c(=O)[nH]c2cc(OC)ccc12)C(C)CC. The number of pyridine rings is 1. The summed E-state index contributed by atoms with van der Waals surface area (Å²) in [4.78, 5) is 31.5. The van der Waals surface area contributed by atoms with Crippen molar-refractivity contribution >= 4 is 16.8 Å². The highest BCUT2D eigenvalue weighted by Gasteiger charge is 2.27. The maximum Gasteiger partial charge on any atom is 0.252 e. The van der Waals surface area contributed by atoms with Crippen molar-refractivity contribution in [3.63, 3.8) is 0 Å². The molecule has 0 spiro atoms. The van der Waals surface area contributed by atoms with Crippen molar-refractivity contribution in [2.75, 3.05) is 13.7 Å². The number of nitrogens with one attached hydrogen (secondary N) is 1. The van der Waals surface area contributed by atoms with Gasteiger partial charge in [0, 0.05) is 29.6 Å². The molecule has 1 aromatic carbocycles. The number of carbonyl (C=O) groups excluding carboxylic acids is 1. The molecule has 1 aromatic heterocycles. The lowest BCUT2D eigenvalue weighted by Crippen LogP contribution is -2.40. The minimum Gasteiger partial charge on any atom is -0.497 e. The molecule has 1 unspecified atom stereocenters. The second-order valence-electron chi connectivity index (χ2n) is 8.26. The quantitative estimate of drug-likeness (QED) is 0.696. The van der Waals surface area contributed by atoms with Crippen LogP contribution in [0.15, 0.2) is 23.0 Å². The van der Waals surface area contributed by atoms with Crippen LogP contribution in [0.2, 0.25) is 0 Å². The number of aromatic amines is 1. The van der Waals surface area contributed by atoms with E-state index in [-0.39, 0.29) is 29.8 Å². The zero-order valence-electron chi connectivity index (χ0n) is 18.2. The Balaban J connectivity index is 2.10. The van der Waals surface area contributed by atoms with Gasteiger partial charge >= 0.3 is 0 Å². The maximum absolute atomic E-state index is 13.3. The van der Waals surface area contributed by atoms with Gasteiger partial charge in [0.15, 0.2) is 0 Å². The number of carbonyl (C=O) groups is 1. The predicted molar refractivity (Wildman–Crippen MR) is 118 cm³/mol. The fourth-order valence-corrected chi connectivity index (χ4v) is 4.63. The normalized spacial score (nSPS) is 15.6. The van der Waals surface area contributed by atoms with Gasteiger partial charge in [-0.1, -0.05) is 26.7 Å². The highest BCUT2D eigenvalue weighted by atomic mass is 16.5. The van der Waals surface area contributed by atoms with Gasteiger partial charge < -0.3 is 14.6 Å². The van der Waals surface area contributed by atoms with Crippen LogP contribution in [0.1, 0.15) is 76.3 Å². The van der Waals surface area contributed by atoms with E-state index in [2.05, 4.69) is 25.8 Å². The van der Waals surface area contributed by atoms with Crippen molar-refractivity contribution in [3.05, 3.63) is 39.7 Å². The van der Waals surface area contributed by atoms with Gasteiger partial charge in [-0.15, -0.1) is 0 Å². The number of benzene rings is 1. The third-order valence-electron chi connectivity index (χ3n) is 6.37. The number of rotatable bonds is 8. The van der Waals surface area contributed by atoms with E-state index < -0.39 is 0 Å². The van der Waals surface area contributed by atoms with E-state index in [9.17, 15) is 9.59 Å². The first-order chi connectivity index (χ1) is 14.0. The van der Waals surface area contributed by atoms with Crippen molar-refractivity contribution in [2.45, 2.75) is 77.7 Å². The monoisotopic (exact) mass is 398 g/mol. The number of H-pyrrole nitrogens is 1. The largest absolute Gasteiger partial charge is 0.497 e. The molecule has 0 radical (unpaired) electrons. The second-order valence-corrected chi connectivity index (χ2v) is 8.26. The summed E-state index contributed by atoms with van der Waals surface area (Å²) in [7, 11) is 1.62. The zero-order chi connectivity index (χ0) is 21.0. The number of ether oxygens (including phenoxy) is 1. The molecule has 1 fully saturated rings. The molecule has 158 valence electrons. The van der Waals surface area contributed by atoms with Gasteiger partial charge in [0.25, 0.3) is 5.56 Å². The Kier molecular flexibility index (Phi) is 6.99.